The number of hydrogen-bond donors (Lipinski definition) is 1. The van der Waals surface area contributed by atoms with Crippen molar-refractivity contribution in [3.8, 4) is 11.5 Å². The molecule has 172 valence electrons. The summed E-state index contributed by atoms with van der Waals surface area (Å²) in [6, 6.07) is 10.5. The molecule has 1 saturated heterocycles. The van der Waals surface area contributed by atoms with Crippen molar-refractivity contribution in [2.24, 2.45) is 5.92 Å². The largest absolute Gasteiger partial charge is 0.493 e. The smallest absolute Gasteiger partial charge is 0.255 e. The van der Waals surface area contributed by atoms with Gasteiger partial charge in [-0.15, -0.1) is 0 Å². The van der Waals surface area contributed by atoms with Gasteiger partial charge in [0.05, 0.1) is 25.6 Å². The first-order chi connectivity index (χ1) is 15.3. The maximum atomic E-state index is 13.0. The predicted molar refractivity (Wildman–Crippen MR) is 127 cm³/mol. The van der Waals surface area contributed by atoms with E-state index in [9.17, 15) is 9.59 Å². The first kappa shape index (κ1) is 23.7. The van der Waals surface area contributed by atoms with Gasteiger partial charge in [-0.25, -0.2) is 0 Å². The molecule has 0 radical (unpaired) electrons. The molecule has 0 aromatic heterocycles. The van der Waals surface area contributed by atoms with Crippen molar-refractivity contribution in [1.29, 1.82) is 0 Å². The SMILES string of the molecule is COc1ccc(C(=O)Nc2cc(Cl)ccc2N2CCN(C(=O)CC(C)C)CC2)cc1OC. The number of nitrogens with zero attached hydrogens (tertiary/aromatic N) is 2. The van der Waals surface area contributed by atoms with E-state index in [1.807, 2.05) is 11.0 Å². The molecule has 0 unspecified atom stereocenters. The van der Waals surface area contributed by atoms with Gasteiger partial charge in [0.2, 0.25) is 5.91 Å². The highest BCUT2D eigenvalue weighted by Crippen LogP contribution is 2.32. The Morgan fingerprint density at radius 1 is 1.00 bits per heavy atom. The second kappa shape index (κ2) is 10.6. The monoisotopic (exact) mass is 459 g/mol. The first-order valence-corrected chi connectivity index (χ1v) is 11.1. The highest BCUT2D eigenvalue weighted by atomic mass is 35.5. The van der Waals surface area contributed by atoms with Gasteiger partial charge in [-0.3, -0.25) is 9.59 Å². The standard InChI is InChI=1S/C24H30ClN3O4/c1-16(2)13-23(29)28-11-9-27(10-12-28)20-7-6-18(25)15-19(20)26-24(30)17-5-8-21(31-3)22(14-17)32-4/h5-8,14-16H,9-13H2,1-4H3,(H,26,30). The number of benzene rings is 2. The molecule has 0 spiro atoms. The number of amides is 2. The summed E-state index contributed by atoms with van der Waals surface area (Å²) in [6.07, 6.45) is 0.563. The number of carbonyl (C=O) groups is 2. The molecule has 2 aromatic carbocycles. The van der Waals surface area contributed by atoms with E-state index in [1.54, 1.807) is 37.4 Å². The molecule has 1 aliphatic rings. The van der Waals surface area contributed by atoms with Crippen LogP contribution in [-0.2, 0) is 4.79 Å². The van der Waals surface area contributed by atoms with E-state index in [-0.39, 0.29) is 11.8 Å². The van der Waals surface area contributed by atoms with Gasteiger partial charge in [0.25, 0.3) is 5.91 Å². The van der Waals surface area contributed by atoms with Crippen LogP contribution in [0.2, 0.25) is 5.02 Å². The molecule has 0 saturated carbocycles. The third kappa shape index (κ3) is 5.65. The van der Waals surface area contributed by atoms with E-state index in [4.69, 9.17) is 21.1 Å². The van der Waals surface area contributed by atoms with Gasteiger partial charge in [-0.05, 0) is 42.3 Å². The molecular weight excluding hydrogens is 430 g/mol. The molecule has 0 aliphatic carbocycles. The molecule has 32 heavy (non-hydrogen) atoms. The summed E-state index contributed by atoms with van der Waals surface area (Å²) < 4.78 is 10.5. The molecule has 1 aliphatic heterocycles. The van der Waals surface area contributed by atoms with Crippen LogP contribution in [0.1, 0.15) is 30.6 Å². The minimum absolute atomic E-state index is 0.192. The Bertz CT molecular complexity index is 972. The van der Waals surface area contributed by atoms with E-state index in [0.717, 1.165) is 5.69 Å². The van der Waals surface area contributed by atoms with Gasteiger partial charge in [-0.1, -0.05) is 25.4 Å². The van der Waals surface area contributed by atoms with E-state index >= 15 is 0 Å². The zero-order valence-electron chi connectivity index (χ0n) is 19.0. The Labute approximate surface area is 194 Å². The Kier molecular flexibility index (Phi) is 7.85. The minimum atomic E-state index is -0.278. The van der Waals surface area contributed by atoms with Crippen LogP contribution < -0.4 is 19.7 Å². The van der Waals surface area contributed by atoms with Crippen molar-refractivity contribution in [3.63, 3.8) is 0 Å². The predicted octanol–water partition coefficient (Wildman–Crippen LogP) is 4.30. The van der Waals surface area contributed by atoms with Gasteiger partial charge >= 0.3 is 0 Å². The summed E-state index contributed by atoms with van der Waals surface area (Å²) in [5.74, 6) is 1.29. The number of anilines is 2. The molecule has 8 heteroatoms. The summed E-state index contributed by atoms with van der Waals surface area (Å²) in [6.45, 7) is 6.77. The number of rotatable bonds is 7. The van der Waals surface area contributed by atoms with E-state index < -0.39 is 0 Å². The van der Waals surface area contributed by atoms with Gasteiger partial charge in [0.1, 0.15) is 0 Å². The van der Waals surface area contributed by atoms with E-state index in [1.165, 1.54) is 7.11 Å². The maximum absolute atomic E-state index is 13.0. The van der Waals surface area contributed by atoms with Crippen molar-refractivity contribution in [3.05, 3.63) is 47.0 Å². The Morgan fingerprint density at radius 2 is 1.69 bits per heavy atom. The number of piperazine rings is 1. The van der Waals surface area contributed by atoms with Gasteiger partial charge < -0.3 is 24.6 Å². The van der Waals surface area contributed by atoms with E-state index in [0.29, 0.717) is 66.3 Å². The third-order valence-corrected chi connectivity index (χ3v) is 5.64. The van der Waals surface area contributed by atoms with Crippen LogP contribution >= 0.6 is 11.6 Å². The van der Waals surface area contributed by atoms with Gasteiger partial charge in [0.15, 0.2) is 11.5 Å². The average molecular weight is 460 g/mol. The number of hydrogen-bond acceptors (Lipinski definition) is 5. The van der Waals surface area contributed by atoms with Gasteiger partial charge in [0, 0.05) is 43.2 Å². The third-order valence-electron chi connectivity index (χ3n) is 5.41. The summed E-state index contributed by atoms with van der Waals surface area (Å²) in [4.78, 5) is 29.4. The average Bonchev–Trinajstić information content (AvgIpc) is 2.78. The zero-order chi connectivity index (χ0) is 23.3. The molecule has 0 bridgehead atoms. The fourth-order valence-electron chi connectivity index (χ4n) is 3.73. The topological polar surface area (TPSA) is 71.1 Å². The number of ether oxygens (including phenoxy) is 2. The van der Waals surface area contributed by atoms with Gasteiger partial charge in [-0.2, -0.15) is 0 Å². The summed E-state index contributed by atoms with van der Waals surface area (Å²) >= 11 is 6.23. The molecule has 3 rings (SSSR count). The number of carbonyl (C=O) groups excluding carboxylic acids is 2. The molecule has 1 heterocycles. The van der Waals surface area contributed by atoms with Crippen LogP contribution in [0.4, 0.5) is 11.4 Å². The van der Waals surface area contributed by atoms with Crippen molar-refractivity contribution < 1.29 is 19.1 Å². The fourth-order valence-corrected chi connectivity index (χ4v) is 3.90. The fraction of sp³-hybridized carbons (Fsp3) is 0.417. The Balaban J connectivity index is 1.75. The molecular formula is C24H30ClN3O4. The van der Waals surface area contributed by atoms with Crippen molar-refractivity contribution in [1.82, 2.24) is 4.90 Å². The van der Waals surface area contributed by atoms with Crippen LogP contribution in [0.5, 0.6) is 11.5 Å². The zero-order valence-corrected chi connectivity index (χ0v) is 19.7. The molecule has 0 atom stereocenters. The van der Waals surface area contributed by atoms with Crippen LogP contribution in [0, 0.1) is 5.92 Å². The summed E-state index contributed by atoms with van der Waals surface area (Å²) in [5, 5.41) is 3.50. The number of methoxy groups -OCH3 is 2. The van der Waals surface area contributed by atoms with E-state index in [2.05, 4.69) is 24.1 Å². The lowest BCUT2D eigenvalue weighted by atomic mass is 10.1. The Hall–Kier alpha value is -2.93. The lowest BCUT2D eigenvalue weighted by Gasteiger charge is -2.37. The molecule has 1 N–H and O–H groups in total. The highest BCUT2D eigenvalue weighted by Gasteiger charge is 2.24. The molecule has 7 nitrogen and oxygen atoms in total. The molecule has 2 amide bonds. The summed E-state index contributed by atoms with van der Waals surface area (Å²) in [7, 11) is 3.08. The number of halogens is 1. The quantitative estimate of drug-likeness (QED) is 0.668. The molecule has 2 aromatic rings. The second-order valence-electron chi connectivity index (χ2n) is 8.15. The van der Waals surface area contributed by atoms with Crippen molar-refractivity contribution in [2.75, 3.05) is 50.6 Å². The second-order valence-corrected chi connectivity index (χ2v) is 8.59. The van der Waals surface area contributed by atoms with Crippen LogP contribution in [0.25, 0.3) is 0 Å². The Morgan fingerprint density at radius 3 is 2.31 bits per heavy atom. The van der Waals surface area contributed by atoms with Crippen LogP contribution in [0.15, 0.2) is 36.4 Å². The summed E-state index contributed by atoms with van der Waals surface area (Å²) in [5.41, 5.74) is 1.94. The van der Waals surface area contributed by atoms with Crippen molar-refractivity contribution in [2.45, 2.75) is 20.3 Å². The maximum Gasteiger partial charge on any atom is 0.255 e. The number of nitrogens with one attached hydrogen (secondary N) is 1. The highest BCUT2D eigenvalue weighted by molar-refractivity contribution is 6.31. The van der Waals surface area contributed by atoms with Crippen LogP contribution in [0.3, 0.4) is 0 Å². The van der Waals surface area contributed by atoms with Crippen molar-refractivity contribution >= 4 is 34.8 Å². The first-order valence-electron chi connectivity index (χ1n) is 10.7. The van der Waals surface area contributed by atoms with Crippen LogP contribution in [-0.4, -0.2) is 57.1 Å². The normalized spacial score (nSPS) is 13.8. The molecule has 1 fully saturated rings. The lowest BCUT2D eigenvalue weighted by molar-refractivity contribution is -0.132. The lowest BCUT2D eigenvalue weighted by Crippen LogP contribution is -2.49. The minimum Gasteiger partial charge on any atom is -0.493 e.